The number of rotatable bonds is 4. The molecule has 0 fully saturated rings. The first-order chi connectivity index (χ1) is 7.72. The van der Waals surface area contributed by atoms with Gasteiger partial charge in [0, 0.05) is 13.7 Å². The Balaban J connectivity index is 2.22. The molecule has 1 atom stereocenters. The first kappa shape index (κ1) is 11.0. The maximum absolute atomic E-state index is 5.22. The summed E-state index contributed by atoms with van der Waals surface area (Å²) in [5.41, 5.74) is 2.70. The predicted molar refractivity (Wildman–Crippen MR) is 61.1 cm³/mol. The van der Waals surface area contributed by atoms with Crippen molar-refractivity contribution >= 4 is 11.2 Å². The molecule has 1 unspecified atom stereocenters. The highest BCUT2D eigenvalue weighted by molar-refractivity contribution is 5.72. The third-order valence-electron chi connectivity index (χ3n) is 2.76. The van der Waals surface area contributed by atoms with Gasteiger partial charge in [-0.3, -0.25) is 0 Å². The Morgan fingerprint density at radius 3 is 2.94 bits per heavy atom. The van der Waals surface area contributed by atoms with Crippen LogP contribution in [0.4, 0.5) is 0 Å². The monoisotopic (exact) mass is 220 g/mol. The highest BCUT2D eigenvalue weighted by Crippen LogP contribution is 2.12. The van der Waals surface area contributed by atoms with Gasteiger partial charge in [0.15, 0.2) is 5.65 Å². The van der Waals surface area contributed by atoms with E-state index in [1.807, 2.05) is 17.8 Å². The third-order valence-corrected chi connectivity index (χ3v) is 2.76. The average molecular weight is 220 g/mol. The molecule has 0 aromatic carbocycles. The lowest BCUT2D eigenvalue weighted by molar-refractivity contribution is 0.107. The quantitative estimate of drug-likeness (QED) is 0.784. The first-order valence-electron chi connectivity index (χ1n) is 5.37. The minimum atomic E-state index is 0.250. The molecule has 2 heterocycles. The average Bonchev–Trinajstić information content (AvgIpc) is 2.70. The molecule has 5 nitrogen and oxygen atoms in total. The van der Waals surface area contributed by atoms with Gasteiger partial charge in [-0.05, 0) is 20.3 Å². The Morgan fingerprint density at radius 1 is 1.38 bits per heavy atom. The van der Waals surface area contributed by atoms with Gasteiger partial charge in [-0.1, -0.05) is 0 Å². The van der Waals surface area contributed by atoms with Gasteiger partial charge in [-0.15, -0.1) is 0 Å². The molecule has 0 aliphatic rings. The molecule has 0 amide bonds. The summed E-state index contributed by atoms with van der Waals surface area (Å²) in [5.74, 6) is 0. The van der Waals surface area contributed by atoms with Crippen LogP contribution in [0.5, 0.6) is 0 Å². The molecule has 0 aliphatic heterocycles. The Kier molecular flexibility index (Phi) is 3.14. The van der Waals surface area contributed by atoms with Crippen molar-refractivity contribution in [2.24, 2.45) is 0 Å². The van der Waals surface area contributed by atoms with E-state index in [4.69, 9.17) is 4.74 Å². The number of nitrogens with zero attached hydrogens (tertiary/aromatic N) is 4. The summed E-state index contributed by atoms with van der Waals surface area (Å²) >= 11 is 0. The number of aromatic nitrogens is 4. The first-order valence-corrected chi connectivity index (χ1v) is 5.37. The van der Waals surface area contributed by atoms with Crippen LogP contribution in [0, 0.1) is 6.92 Å². The van der Waals surface area contributed by atoms with Crippen LogP contribution >= 0.6 is 0 Å². The van der Waals surface area contributed by atoms with Gasteiger partial charge in [0.05, 0.1) is 18.1 Å². The van der Waals surface area contributed by atoms with Gasteiger partial charge < -0.3 is 9.30 Å². The number of methoxy groups -OCH3 is 1. The molecule has 2 aromatic heterocycles. The second kappa shape index (κ2) is 4.57. The fourth-order valence-corrected chi connectivity index (χ4v) is 1.60. The minimum absolute atomic E-state index is 0.250. The van der Waals surface area contributed by atoms with E-state index in [9.17, 15) is 0 Å². The number of fused-ring (bicyclic) bond motifs is 1. The summed E-state index contributed by atoms with van der Waals surface area (Å²) in [6.45, 7) is 4.86. The highest BCUT2D eigenvalue weighted by atomic mass is 16.5. The van der Waals surface area contributed by atoms with Crippen LogP contribution in [0.15, 0.2) is 12.7 Å². The van der Waals surface area contributed by atoms with E-state index in [1.54, 1.807) is 13.4 Å². The van der Waals surface area contributed by atoms with E-state index in [0.717, 1.165) is 29.8 Å². The van der Waals surface area contributed by atoms with Gasteiger partial charge in [0.2, 0.25) is 0 Å². The topological polar surface area (TPSA) is 52.8 Å². The summed E-state index contributed by atoms with van der Waals surface area (Å²) in [5, 5.41) is 0. The molecule has 0 aliphatic carbocycles. The van der Waals surface area contributed by atoms with Crippen molar-refractivity contribution in [2.45, 2.75) is 32.9 Å². The molecule has 2 rings (SSSR count). The summed E-state index contributed by atoms with van der Waals surface area (Å²) < 4.78 is 7.26. The Labute approximate surface area is 94.5 Å². The zero-order valence-electron chi connectivity index (χ0n) is 9.84. The second-order valence-corrected chi connectivity index (χ2v) is 3.90. The number of imidazole rings is 1. The van der Waals surface area contributed by atoms with Gasteiger partial charge in [0.1, 0.15) is 11.8 Å². The van der Waals surface area contributed by atoms with Crippen molar-refractivity contribution in [1.82, 2.24) is 19.5 Å². The molecule has 0 radical (unpaired) electrons. The highest BCUT2D eigenvalue weighted by Gasteiger charge is 2.07. The number of hydrogen-bond donors (Lipinski definition) is 0. The van der Waals surface area contributed by atoms with Crippen LogP contribution in [0.3, 0.4) is 0 Å². The SMILES string of the molecule is COC(C)CCn1cnc2c(C)ncnc21. The minimum Gasteiger partial charge on any atom is -0.382 e. The lowest BCUT2D eigenvalue weighted by Gasteiger charge is -2.09. The molecule has 0 bridgehead atoms. The standard InChI is InChI=1S/C11H16N4O/c1-8(16-3)4-5-15-7-14-10-9(2)12-6-13-11(10)15/h6-8H,4-5H2,1-3H3. The van der Waals surface area contributed by atoms with Gasteiger partial charge in [0.25, 0.3) is 0 Å². The van der Waals surface area contributed by atoms with Crippen LogP contribution < -0.4 is 0 Å². The van der Waals surface area contributed by atoms with Crippen LogP contribution in [-0.2, 0) is 11.3 Å². The molecule has 0 saturated carbocycles. The molecule has 5 heteroatoms. The van der Waals surface area contributed by atoms with Crippen molar-refractivity contribution in [3.05, 3.63) is 18.3 Å². The second-order valence-electron chi connectivity index (χ2n) is 3.90. The normalized spacial score (nSPS) is 13.2. The molecule has 0 saturated heterocycles. The van der Waals surface area contributed by atoms with E-state index in [0.29, 0.717) is 0 Å². The predicted octanol–water partition coefficient (Wildman–Crippen LogP) is 1.56. The number of hydrogen-bond acceptors (Lipinski definition) is 4. The zero-order chi connectivity index (χ0) is 11.5. The smallest absolute Gasteiger partial charge is 0.163 e. The van der Waals surface area contributed by atoms with Crippen molar-refractivity contribution in [2.75, 3.05) is 7.11 Å². The summed E-state index contributed by atoms with van der Waals surface area (Å²) in [7, 11) is 1.73. The molecular weight excluding hydrogens is 204 g/mol. The van der Waals surface area contributed by atoms with Crippen molar-refractivity contribution < 1.29 is 4.74 Å². The Morgan fingerprint density at radius 2 is 2.19 bits per heavy atom. The Hall–Kier alpha value is -1.49. The zero-order valence-corrected chi connectivity index (χ0v) is 9.84. The summed E-state index contributed by atoms with van der Waals surface area (Å²) in [6.07, 6.45) is 4.59. The molecule has 16 heavy (non-hydrogen) atoms. The Bertz CT molecular complexity index is 480. The summed E-state index contributed by atoms with van der Waals surface area (Å²) in [4.78, 5) is 12.7. The fourth-order valence-electron chi connectivity index (χ4n) is 1.60. The summed E-state index contributed by atoms with van der Waals surface area (Å²) in [6, 6.07) is 0. The lowest BCUT2D eigenvalue weighted by atomic mass is 10.3. The lowest BCUT2D eigenvalue weighted by Crippen LogP contribution is -2.09. The number of ether oxygens (including phenoxy) is 1. The van der Waals surface area contributed by atoms with E-state index < -0.39 is 0 Å². The van der Waals surface area contributed by atoms with E-state index in [2.05, 4.69) is 21.9 Å². The van der Waals surface area contributed by atoms with Crippen LogP contribution in [0.2, 0.25) is 0 Å². The van der Waals surface area contributed by atoms with Gasteiger partial charge >= 0.3 is 0 Å². The van der Waals surface area contributed by atoms with E-state index >= 15 is 0 Å². The van der Waals surface area contributed by atoms with Gasteiger partial charge in [-0.2, -0.15) is 0 Å². The van der Waals surface area contributed by atoms with Gasteiger partial charge in [-0.25, -0.2) is 15.0 Å². The van der Waals surface area contributed by atoms with Crippen molar-refractivity contribution in [3.8, 4) is 0 Å². The van der Waals surface area contributed by atoms with Crippen LogP contribution in [0.25, 0.3) is 11.2 Å². The fraction of sp³-hybridized carbons (Fsp3) is 0.545. The van der Waals surface area contributed by atoms with Crippen molar-refractivity contribution in [3.63, 3.8) is 0 Å². The van der Waals surface area contributed by atoms with E-state index in [-0.39, 0.29) is 6.10 Å². The largest absolute Gasteiger partial charge is 0.382 e. The van der Waals surface area contributed by atoms with Crippen LogP contribution in [-0.4, -0.2) is 32.7 Å². The molecule has 0 N–H and O–H groups in total. The molecule has 2 aromatic rings. The van der Waals surface area contributed by atoms with Crippen molar-refractivity contribution in [1.29, 1.82) is 0 Å². The third kappa shape index (κ3) is 2.04. The number of aryl methyl sites for hydroxylation is 2. The van der Waals surface area contributed by atoms with Crippen LogP contribution in [0.1, 0.15) is 19.0 Å². The maximum Gasteiger partial charge on any atom is 0.163 e. The van der Waals surface area contributed by atoms with E-state index in [1.165, 1.54) is 0 Å². The molecular formula is C11H16N4O. The molecule has 86 valence electrons. The maximum atomic E-state index is 5.22. The molecule has 0 spiro atoms.